The van der Waals surface area contributed by atoms with E-state index in [-0.39, 0.29) is 16.6 Å². The average molecular weight is 374 g/mol. The highest BCUT2D eigenvalue weighted by Gasteiger charge is 2.16. The summed E-state index contributed by atoms with van der Waals surface area (Å²) >= 11 is 0. The number of Topliss-reactive ketones (excluding diaryl/α,β-unsaturated/α-hetero) is 1. The highest BCUT2D eigenvalue weighted by molar-refractivity contribution is 7.92. The highest BCUT2D eigenvalue weighted by Crippen LogP contribution is 2.18. The van der Waals surface area contributed by atoms with Gasteiger partial charge in [-0.1, -0.05) is 26.0 Å². The second-order valence-corrected chi connectivity index (χ2v) is 8.05. The molecule has 0 aliphatic heterocycles. The van der Waals surface area contributed by atoms with Gasteiger partial charge in [0.1, 0.15) is 0 Å². The summed E-state index contributed by atoms with van der Waals surface area (Å²) in [6.07, 6.45) is 0. The molecule has 0 saturated carbocycles. The first-order valence-corrected chi connectivity index (χ1v) is 9.69. The molecule has 0 saturated heterocycles. The van der Waals surface area contributed by atoms with Crippen molar-refractivity contribution >= 4 is 27.4 Å². The van der Waals surface area contributed by atoms with Crippen LogP contribution in [0.1, 0.15) is 41.5 Å². The van der Waals surface area contributed by atoms with Crippen molar-refractivity contribution in [3.8, 4) is 0 Å². The Balaban J connectivity index is 2.15. The lowest BCUT2D eigenvalue weighted by Gasteiger charge is -2.10. The monoisotopic (exact) mass is 374 g/mol. The Morgan fingerprint density at radius 2 is 1.65 bits per heavy atom. The molecule has 1 amide bonds. The van der Waals surface area contributed by atoms with Crippen molar-refractivity contribution in [1.82, 2.24) is 5.32 Å². The van der Waals surface area contributed by atoms with Crippen LogP contribution in [0.15, 0.2) is 53.4 Å². The van der Waals surface area contributed by atoms with Crippen LogP contribution in [0.3, 0.4) is 0 Å². The largest absolute Gasteiger partial charge is 0.352 e. The van der Waals surface area contributed by atoms with Crippen molar-refractivity contribution in [3.05, 3.63) is 59.7 Å². The molecule has 0 unspecified atom stereocenters. The number of rotatable bonds is 7. The molecule has 2 aromatic rings. The van der Waals surface area contributed by atoms with Crippen molar-refractivity contribution in [2.75, 3.05) is 11.3 Å². The Morgan fingerprint density at radius 1 is 1.00 bits per heavy atom. The fourth-order valence-corrected chi connectivity index (χ4v) is 3.25. The van der Waals surface area contributed by atoms with E-state index in [2.05, 4.69) is 10.0 Å². The van der Waals surface area contributed by atoms with Gasteiger partial charge < -0.3 is 5.32 Å². The number of amides is 1. The van der Waals surface area contributed by atoms with E-state index < -0.39 is 10.0 Å². The third-order valence-corrected chi connectivity index (χ3v) is 5.02. The SMILES string of the molecule is CC(=O)c1cccc(NS(=O)(=O)c2ccc(C(=O)NCC(C)C)cc2)c1. The second kappa shape index (κ2) is 8.14. The maximum atomic E-state index is 12.5. The topological polar surface area (TPSA) is 92.3 Å². The molecule has 0 aromatic heterocycles. The molecule has 2 rings (SSSR count). The molecular formula is C19H22N2O4S. The number of carbonyl (C=O) groups excluding carboxylic acids is 2. The smallest absolute Gasteiger partial charge is 0.261 e. The van der Waals surface area contributed by atoms with E-state index in [1.165, 1.54) is 37.3 Å². The van der Waals surface area contributed by atoms with Gasteiger partial charge in [-0.3, -0.25) is 14.3 Å². The summed E-state index contributed by atoms with van der Waals surface area (Å²) in [6.45, 7) is 5.94. The molecular weight excluding hydrogens is 352 g/mol. The van der Waals surface area contributed by atoms with E-state index >= 15 is 0 Å². The summed E-state index contributed by atoms with van der Waals surface area (Å²) in [5, 5.41) is 2.78. The van der Waals surface area contributed by atoms with Crippen molar-refractivity contribution in [2.45, 2.75) is 25.7 Å². The van der Waals surface area contributed by atoms with Crippen LogP contribution < -0.4 is 10.0 Å². The van der Waals surface area contributed by atoms with Crippen molar-refractivity contribution in [2.24, 2.45) is 5.92 Å². The molecule has 0 bridgehead atoms. The minimum Gasteiger partial charge on any atom is -0.352 e. The number of carbonyl (C=O) groups is 2. The van der Waals surface area contributed by atoms with E-state index in [1.807, 2.05) is 13.8 Å². The number of anilines is 1. The van der Waals surface area contributed by atoms with Gasteiger partial charge in [0, 0.05) is 23.4 Å². The van der Waals surface area contributed by atoms with Crippen LogP contribution in [0.5, 0.6) is 0 Å². The highest BCUT2D eigenvalue weighted by atomic mass is 32.2. The van der Waals surface area contributed by atoms with Gasteiger partial charge in [-0.05, 0) is 49.2 Å². The van der Waals surface area contributed by atoms with Gasteiger partial charge >= 0.3 is 0 Å². The summed E-state index contributed by atoms with van der Waals surface area (Å²) in [4.78, 5) is 23.4. The van der Waals surface area contributed by atoms with Crippen LogP contribution in [-0.4, -0.2) is 26.7 Å². The van der Waals surface area contributed by atoms with Crippen LogP contribution >= 0.6 is 0 Å². The maximum absolute atomic E-state index is 12.5. The molecule has 0 fully saturated rings. The lowest BCUT2D eigenvalue weighted by Crippen LogP contribution is -2.27. The summed E-state index contributed by atoms with van der Waals surface area (Å²) in [5.41, 5.74) is 1.11. The Bertz CT molecular complexity index is 903. The first kappa shape index (κ1) is 19.7. The van der Waals surface area contributed by atoms with E-state index in [1.54, 1.807) is 18.2 Å². The molecule has 0 atom stereocenters. The van der Waals surface area contributed by atoms with Gasteiger partial charge in [0.25, 0.3) is 15.9 Å². The van der Waals surface area contributed by atoms with Crippen LogP contribution in [-0.2, 0) is 10.0 Å². The standard InChI is InChI=1S/C19H22N2O4S/c1-13(2)12-20-19(23)15-7-9-18(10-8-15)26(24,25)21-17-6-4-5-16(11-17)14(3)22/h4-11,13,21H,12H2,1-3H3,(H,20,23). The van der Waals surface area contributed by atoms with Gasteiger partial charge in [-0.2, -0.15) is 0 Å². The molecule has 0 aliphatic rings. The van der Waals surface area contributed by atoms with Crippen LogP contribution in [0.2, 0.25) is 0 Å². The minimum atomic E-state index is -3.82. The molecule has 0 heterocycles. The normalized spacial score (nSPS) is 11.2. The van der Waals surface area contributed by atoms with Gasteiger partial charge in [-0.25, -0.2) is 8.42 Å². The second-order valence-electron chi connectivity index (χ2n) is 6.37. The number of benzene rings is 2. The Morgan fingerprint density at radius 3 is 2.23 bits per heavy atom. The molecule has 0 spiro atoms. The van der Waals surface area contributed by atoms with Crippen molar-refractivity contribution in [3.63, 3.8) is 0 Å². The molecule has 0 aliphatic carbocycles. The zero-order valence-corrected chi connectivity index (χ0v) is 15.8. The first-order chi connectivity index (χ1) is 12.2. The lowest BCUT2D eigenvalue weighted by molar-refractivity contribution is 0.0948. The Kier molecular flexibility index (Phi) is 6.15. The molecule has 0 radical (unpaired) electrons. The third kappa shape index (κ3) is 5.16. The fourth-order valence-electron chi connectivity index (χ4n) is 2.20. The minimum absolute atomic E-state index is 0.0335. The zero-order chi connectivity index (χ0) is 19.3. The molecule has 26 heavy (non-hydrogen) atoms. The van der Waals surface area contributed by atoms with Crippen LogP contribution in [0.4, 0.5) is 5.69 Å². The van der Waals surface area contributed by atoms with Gasteiger partial charge in [0.15, 0.2) is 5.78 Å². The molecule has 138 valence electrons. The van der Waals surface area contributed by atoms with Crippen molar-refractivity contribution in [1.29, 1.82) is 0 Å². The fraction of sp³-hybridized carbons (Fsp3) is 0.263. The Hall–Kier alpha value is -2.67. The van der Waals surface area contributed by atoms with Gasteiger partial charge in [0.2, 0.25) is 0 Å². The predicted molar refractivity (Wildman–Crippen MR) is 101 cm³/mol. The van der Waals surface area contributed by atoms with Crippen molar-refractivity contribution < 1.29 is 18.0 Å². The summed E-state index contributed by atoms with van der Waals surface area (Å²) in [6, 6.07) is 12.0. The van der Waals surface area contributed by atoms with Gasteiger partial charge in [-0.15, -0.1) is 0 Å². The van der Waals surface area contributed by atoms with Gasteiger partial charge in [0.05, 0.1) is 4.90 Å². The Labute approximate surface area is 153 Å². The van der Waals surface area contributed by atoms with E-state index in [0.717, 1.165) is 0 Å². The number of ketones is 1. The van der Waals surface area contributed by atoms with E-state index in [9.17, 15) is 18.0 Å². The average Bonchev–Trinajstić information content (AvgIpc) is 2.59. The molecule has 7 heteroatoms. The molecule has 6 nitrogen and oxygen atoms in total. The van der Waals surface area contributed by atoms with Crippen LogP contribution in [0.25, 0.3) is 0 Å². The quantitative estimate of drug-likeness (QED) is 0.729. The van der Waals surface area contributed by atoms with Crippen LogP contribution in [0, 0.1) is 5.92 Å². The predicted octanol–water partition coefficient (Wildman–Crippen LogP) is 3.08. The third-order valence-electron chi connectivity index (χ3n) is 3.62. The maximum Gasteiger partial charge on any atom is 0.261 e. The first-order valence-electron chi connectivity index (χ1n) is 8.21. The summed E-state index contributed by atoms with van der Waals surface area (Å²) in [5.74, 6) is -0.0684. The number of hydrogen-bond donors (Lipinski definition) is 2. The number of sulfonamides is 1. The summed E-state index contributed by atoms with van der Waals surface area (Å²) < 4.78 is 27.4. The van der Waals surface area contributed by atoms with E-state index in [0.29, 0.717) is 29.3 Å². The summed E-state index contributed by atoms with van der Waals surface area (Å²) in [7, 11) is -3.82. The molecule has 2 N–H and O–H groups in total. The molecule has 2 aromatic carbocycles. The lowest BCUT2D eigenvalue weighted by atomic mass is 10.1. The zero-order valence-electron chi connectivity index (χ0n) is 14.9. The van der Waals surface area contributed by atoms with E-state index in [4.69, 9.17) is 0 Å². The number of nitrogens with one attached hydrogen (secondary N) is 2. The number of hydrogen-bond acceptors (Lipinski definition) is 4.